The minimum atomic E-state index is 0.229. The number of alkyl halides is 1. The standard InChI is InChI=1S/C14H18ClN5O2/c1-3-4-9-22-13-18-11(16)10-12(19-13)20(8-6-5-7-15)14(17-10)21-2/h3-4,7-9H2,1-2H3,(H2,16,18,19). The monoisotopic (exact) mass is 323 g/mol. The predicted octanol–water partition coefficient (Wildman–Crippen LogP) is 1.84. The molecule has 0 saturated carbocycles. The number of imidazole rings is 1. The summed E-state index contributed by atoms with van der Waals surface area (Å²) in [5, 5.41) is 0. The summed E-state index contributed by atoms with van der Waals surface area (Å²) in [5.41, 5.74) is 6.93. The minimum absolute atomic E-state index is 0.229. The highest BCUT2D eigenvalue weighted by molar-refractivity contribution is 6.19. The largest absolute Gasteiger partial charge is 0.468 e. The first-order valence-corrected chi connectivity index (χ1v) is 7.46. The van der Waals surface area contributed by atoms with E-state index in [9.17, 15) is 0 Å². The quantitative estimate of drug-likeness (QED) is 0.496. The highest BCUT2D eigenvalue weighted by Crippen LogP contribution is 2.25. The van der Waals surface area contributed by atoms with Gasteiger partial charge in [0.25, 0.3) is 6.01 Å². The average molecular weight is 324 g/mol. The molecule has 118 valence electrons. The molecule has 22 heavy (non-hydrogen) atoms. The summed E-state index contributed by atoms with van der Waals surface area (Å²) >= 11 is 5.56. The molecule has 7 nitrogen and oxygen atoms in total. The lowest BCUT2D eigenvalue weighted by molar-refractivity contribution is 0.286. The molecule has 0 aliphatic heterocycles. The summed E-state index contributed by atoms with van der Waals surface area (Å²) in [7, 11) is 1.52. The number of rotatable bonds is 6. The first kappa shape index (κ1) is 16.2. The number of halogens is 1. The maximum absolute atomic E-state index is 5.93. The number of anilines is 1. The topological polar surface area (TPSA) is 88.1 Å². The van der Waals surface area contributed by atoms with Crippen LogP contribution in [-0.2, 0) is 6.54 Å². The molecule has 2 aromatic heterocycles. The molecule has 0 spiro atoms. The van der Waals surface area contributed by atoms with Crippen molar-refractivity contribution >= 4 is 28.6 Å². The Morgan fingerprint density at radius 1 is 1.27 bits per heavy atom. The van der Waals surface area contributed by atoms with Crippen LogP contribution < -0.4 is 15.2 Å². The van der Waals surface area contributed by atoms with Gasteiger partial charge in [0, 0.05) is 0 Å². The molecule has 0 saturated heterocycles. The van der Waals surface area contributed by atoms with Crippen LogP contribution in [0.25, 0.3) is 11.2 Å². The van der Waals surface area contributed by atoms with Gasteiger partial charge in [-0.15, -0.1) is 11.6 Å². The van der Waals surface area contributed by atoms with Crippen molar-refractivity contribution in [3.63, 3.8) is 0 Å². The summed E-state index contributed by atoms with van der Waals surface area (Å²) < 4.78 is 12.5. The van der Waals surface area contributed by atoms with Crippen LogP contribution in [0.4, 0.5) is 5.82 Å². The van der Waals surface area contributed by atoms with Crippen molar-refractivity contribution in [2.45, 2.75) is 26.3 Å². The molecule has 0 radical (unpaired) electrons. The Hall–Kier alpha value is -2.20. The Balaban J connectivity index is 2.41. The van der Waals surface area contributed by atoms with Crippen molar-refractivity contribution in [1.29, 1.82) is 0 Å². The van der Waals surface area contributed by atoms with E-state index >= 15 is 0 Å². The van der Waals surface area contributed by atoms with E-state index in [2.05, 4.69) is 33.7 Å². The second-order valence-electron chi connectivity index (χ2n) is 4.44. The second kappa shape index (κ2) is 7.71. The molecule has 0 atom stereocenters. The summed E-state index contributed by atoms with van der Waals surface area (Å²) in [6.45, 7) is 2.97. The zero-order valence-corrected chi connectivity index (χ0v) is 13.4. The third-order valence-corrected chi connectivity index (χ3v) is 3.04. The summed E-state index contributed by atoms with van der Waals surface area (Å²) in [5.74, 6) is 6.20. The molecule has 2 N–H and O–H groups in total. The van der Waals surface area contributed by atoms with Crippen LogP contribution in [0.2, 0.25) is 0 Å². The molecule has 0 fully saturated rings. The fourth-order valence-corrected chi connectivity index (χ4v) is 1.93. The van der Waals surface area contributed by atoms with Crippen LogP contribution in [0.3, 0.4) is 0 Å². The number of nitrogen functional groups attached to an aromatic ring is 1. The molecule has 0 aliphatic rings. The van der Waals surface area contributed by atoms with Crippen molar-refractivity contribution in [2.24, 2.45) is 0 Å². The van der Waals surface area contributed by atoms with Gasteiger partial charge in [-0.05, 0) is 6.42 Å². The summed E-state index contributed by atoms with van der Waals surface area (Å²) in [6, 6.07) is 0.595. The lowest BCUT2D eigenvalue weighted by Gasteiger charge is -2.06. The van der Waals surface area contributed by atoms with Gasteiger partial charge in [-0.2, -0.15) is 15.0 Å². The molecule has 0 aliphatic carbocycles. The van der Waals surface area contributed by atoms with Crippen LogP contribution in [0.15, 0.2) is 0 Å². The Bertz CT molecular complexity index is 705. The smallest absolute Gasteiger partial charge is 0.320 e. The van der Waals surface area contributed by atoms with E-state index in [1.54, 1.807) is 4.57 Å². The van der Waals surface area contributed by atoms with E-state index < -0.39 is 0 Å². The number of ether oxygens (including phenoxy) is 2. The Labute approximate surface area is 133 Å². The van der Waals surface area contributed by atoms with Crippen molar-refractivity contribution < 1.29 is 9.47 Å². The van der Waals surface area contributed by atoms with Gasteiger partial charge in [0.1, 0.15) is 0 Å². The zero-order chi connectivity index (χ0) is 15.9. The number of methoxy groups -OCH3 is 1. The number of fused-ring (bicyclic) bond motifs is 1. The van der Waals surface area contributed by atoms with Gasteiger partial charge < -0.3 is 15.2 Å². The molecular weight excluding hydrogens is 306 g/mol. The van der Waals surface area contributed by atoms with Crippen molar-refractivity contribution in [1.82, 2.24) is 19.5 Å². The van der Waals surface area contributed by atoms with Gasteiger partial charge in [-0.1, -0.05) is 25.2 Å². The molecule has 8 heteroatoms. The van der Waals surface area contributed by atoms with Crippen LogP contribution in [-0.4, -0.2) is 39.1 Å². The van der Waals surface area contributed by atoms with Gasteiger partial charge in [0.2, 0.25) is 0 Å². The summed E-state index contributed by atoms with van der Waals surface area (Å²) in [6.07, 6.45) is 1.95. The molecule has 0 aromatic carbocycles. The van der Waals surface area contributed by atoms with Crippen LogP contribution >= 0.6 is 11.6 Å². The van der Waals surface area contributed by atoms with E-state index in [0.29, 0.717) is 30.3 Å². The molecule has 0 unspecified atom stereocenters. The minimum Gasteiger partial charge on any atom is -0.468 e. The lowest BCUT2D eigenvalue weighted by Crippen LogP contribution is -2.06. The zero-order valence-electron chi connectivity index (χ0n) is 12.6. The highest BCUT2D eigenvalue weighted by atomic mass is 35.5. The second-order valence-corrected chi connectivity index (χ2v) is 4.70. The SMILES string of the molecule is CCCCOc1nc(N)c2nc(OC)n(CC#CCCl)c2n1. The van der Waals surface area contributed by atoms with Crippen molar-refractivity contribution in [3.05, 3.63) is 0 Å². The Morgan fingerprint density at radius 2 is 2.09 bits per heavy atom. The number of aromatic nitrogens is 4. The molecule has 0 amide bonds. The van der Waals surface area contributed by atoms with Crippen LogP contribution in [0.5, 0.6) is 12.0 Å². The Kier molecular flexibility index (Phi) is 5.67. The number of unbranched alkanes of at least 4 members (excludes halogenated alkanes) is 1. The molecule has 0 bridgehead atoms. The number of nitrogens with two attached hydrogens (primary N) is 1. The third-order valence-electron chi connectivity index (χ3n) is 2.91. The fraction of sp³-hybridized carbons (Fsp3) is 0.500. The average Bonchev–Trinajstić information content (AvgIpc) is 2.87. The van der Waals surface area contributed by atoms with Crippen molar-refractivity contribution in [2.75, 3.05) is 25.3 Å². The third kappa shape index (κ3) is 3.52. The molecule has 2 heterocycles. The number of hydrogen-bond acceptors (Lipinski definition) is 6. The normalized spacial score (nSPS) is 10.3. The van der Waals surface area contributed by atoms with Gasteiger partial charge in [0.05, 0.1) is 26.1 Å². The first-order chi connectivity index (χ1) is 10.7. The van der Waals surface area contributed by atoms with E-state index in [-0.39, 0.29) is 17.7 Å². The number of hydrogen-bond donors (Lipinski definition) is 1. The Morgan fingerprint density at radius 3 is 2.77 bits per heavy atom. The molecular formula is C14H18ClN5O2. The molecule has 2 rings (SSSR count). The van der Waals surface area contributed by atoms with Crippen LogP contribution in [0.1, 0.15) is 19.8 Å². The maximum atomic E-state index is 5.93. The highest BCUT2D eigenvalue weighted by Gasteiger charge is 2.17. The fourth-order valence-electron chi connectivity index (χ4n) is 1.83. The van der Waals surface area contributed by atoms with Gasteiger partial charge >= 0.3 is 6.01 Å². The molecule has 2 aromatic rings. The maximum Gasteiger partial charge on any atom is 0.320 e. The number of nitrogens with zero attached hydrogens (tertiary/aromatic N) is 4. The van der Waals surface area contributed by atoms with Crippen molar-refractivity contribution in [3.8, 4) is 23.9 Å². The predicted molar refractivity (Wildman–Crippen MR) is 85.2 cm³/mol. The van der Waals surface area contributed by atoms with E-state index in [1.807, 2.05) is 0 Å². The lowest BCUT2D eigenvalue weighted by atomic mass is 10.4. The van der Waals surface area contributed by atoms with E-state index in [1.165, 1.54) is 7.11 Å². The van der Waals surface area contributed by atoms with Gasteiger partial charge in [-0.3, -0.25) is 4.57 Å². The van der Waals surface area contributed by atoms with E-state index in [4.69, 9.17) is 26.8 Å². The first-order valence-electron chi connectivity index (χ1n) is 6.93. The van der Waals surface area contributed by atoms with E-state index in [0.717, 1.165) is 12.8 Å². The summed E-state index contributed by atoms with van der Waals surface area (Å²) in [4.78, 5) is 12.8. The van der Waals surface area contributed by atoms with Crippen LogP contribution in [0, 0.1) is 11.8 Å². The van der Waals surface area contributed by atoms with Gasteiger partial charge in [-0.25, -0.2) is 0 Å². The van der Waals surface area contributed by atoms with Gasteiger partial charge in [0.15, 0.2) is 17.0 Å².